The Morgan fingerprint density at radius 3 is 2.16 bits per heavy atom. The van der Waals surface area contributed by atoms with Crippen LogP contribution in [0.4, 0.5) is 0 Å². The summed E-state index contributed by atoms with van der Waals surface area (Å²) in [6.45, 7) is 7.01. The molecule has 1 atom stereocenters. The first-order valence-corrected chi connectivity index (χ1v) is 10.3. The Kier molecular flexibility index (Phi) is 5.54. The molecule has 6 heteroatoms. The Bertz CT molecular complexity index is 775. The van der Waals surface area contributed by atoms with E-state index in [1.807, 2.05) is 43.3 Å². The molecule has 1 fully saturated rings. The molecule has 2 aromatic carbocycles. The minimum atomic E-state index is -3.59. The molecule has 0 amide bonds. The molecule has 134 valence electrons. The average molecular weight is 362 g/mol. The van der Waals surface area contributed by atoms with Crippen LogP contribution in [-0.4, -0.2) is 41.1 Å². The lowest BCUT2D eigenvalue weighted by molar-refractivity contribution is -0.950. The number of nitrogens with two attached hydrogens (primary N) is 1. The normalized spacial score (nSPS) is 18.6. The van der Waals surface area contributed by atoms with Gasteiger partial charge in [-0.1, -0.05) is 48.5 Å². The van der Waals surface area contributed by atoms with E-state index < -0.39 is 15.6 Å². The van der Waals surface area contributed by atoms with Crippen molar-refractivity contribution in [2.24, 2.45) is 0 Å². The highest BCUT2D eigenvalue weighted by Gasteiger charge is 2.37. The first-order valence-electron chi connectivity index (χ1n) is 8.79. The molecule has 4 N–H and O–H groups in total. The Hall–Kier alpha value is -1.73. The fourth-order valence-electron chi connectivity index (χ4n) is 3.52. The van der Waals surface area contributed by atoms with Gasteiger partial charge in [-0.15, -0.1) is 0 Å². The molecule has 3 rings (SSSR count). The third-order valence-electron chi connectivity index (χ3n) is 4.83. The molecule has 0 aliphatic carbocycles. The predicted molar refractivity (Wildman–Crippen MR) is 97.8 cm³/mol. The molecule has 0 aromatic heterocycles. The molecular formula is C19H27N3O2S+2. The van der Waals surface area contributed by atoms with Crippen molar-refractivity contribution in [3.05, 3.63) is 66.2 Å². The number of nitrogens with one attached hydrogen (secondary N) is 2. The van der Waals surface area contributed by atoms with Crippen LogP contribution in [0.15, 0.2) is 65.6 Å². The van der Waals surface area contributed by atoms with Crippen LogP contribution in [0, 0.1) is 0 Å². The van der Waals surface area contributed by atoms with Crippen LogP contribution in [0.5, 0.6) is 0 Å². The summed E-state index contributed by atoms with van der Waals surface area (Å²) in [4.78, 5) is 1.74. The first kappa shape index (κ1) is 18.1. The van der Waals surface area contributed by atoms with Gasteiger partial charge in [0.1, 0.15) is 38.3 Å². The molecule has 0 saturated carbocycles. The van der Waals surface area contributed by atoms with Crippen LogP contribution >= 0.6 is 0 Å². The number of benzene rings is 2. The van der Waals surface area contributed by atoms with Gasteiger partial charge >= 0.3 is 0 Å². The van der Waals surface area contributed by atoms with Gasteiger partial charge in [-0.3, -0.25) is 0 Å². The molecule has 5 nitrogen and oxygen atoms in total. The number of hydrogen-bond acceptors (Lipinski definition) is 2. The standard InChI is InChI=1S/C19H25N3O2S/c1-19(17-8-4-2-5-9-17,16-22-14-12-20-13-15-22)21-25(23,24)18-10-6-3-7-11-18/h2-11,20-21H,12-16H2,1H3/p+2/t19-/m0/s1. The maximum atomic E-state index is 12.9. The molecule has 1 heterocycles. The average Bonchev–Trinajstić information content (AvgIpc) is 2.63. The van der Waals surface area contributed by atoms with Crippen molar-refractivity contribution in [2.75, 3.05) is 32.7 Å². The minimum Gasteiger partial charge on any atom is -0.337 e. The van der Waals surface area contributed by atoms with Gasteiger partial charge in [-0.05, 0) is 24.6 Å². The Balaban J connectivity index is 1.91. The summed E-state index contributed by atoms with van der Waals surface area (Å²) >= 11 is 0. The van der Waals surface area contributed by atoms with Crippen LogP contribution in [-0.2, 0) is 15.6 Å². The Morgan fingerprint density at radius 2 is 1.56 bits per heavy atom. The smallest absolute Gasteiger partial charge is 0.241 e. The van der Waals surface area contributed by atoms with E-state index >= 15 is 0 Å². The lowest BCUT2D eigenvalue weighted by Crippen LogP contribution is -3.21. The summed E-state index contributed by atoms with van der Waals surface area (Å²) in [5.74, 6) is 0. The second-order valence-electron chi connectivity index (χ2n) is 6.91. The summed E-state index contributed by atoms with van der Waals surface area (Å²) in [5.41, 5.74) is 0.347. The van der Waals surface area contributed by atoms with Gasteiger partial charge < -0.3 is 10.2 Å². The third-order valence-corrected chi connectivity index (χ3v) is 6.44. The van der Waals surface area contributed by atoms with Crippen molar-refractivity contribution in [3.8, 4) is 0 Å². The summed E-state index contributed by atoms with van der Waals surface area (Å²) in [5, 5.41) is 2.32. The van der Waals surface area contributed by atoms with E-state index in [0.717, 1.165) is 38.3 Å². The van der Waals surface area contributed by atoms with E-state index in [1.54, 1.807) is 24.3 Å². The summed E-state index contributed by atoms with van der Waals surface area (Å²) in [6, 6.07) is 18.5. The Labute approximate surface area is 150 Å². The molecule has 0 radical (unpaired) electrons. The number of hydrogen-bond donors (Lipinski definition) is 3. The second-order valence-corrected chi connectivity index (χ2v) is 8.59. The quantitative estimate of drug-likeness (QED) is 0.640. The highest BCUT2D eigenvalue weighted by molar-refractivity contribution is 7.89. The minimum absolute atomic E-state index is 0.305. The van der Waals surface area contributed by atoms with E-state index in [-0.39, 0.29) is 0 Å². The van der Waals surface area contributed by atoms with E-state index in [9.17, 15) is 8.42 Å². The van der Waals surface area contributed by atoms with E-state index in [4.69, 9.17) is 0 Å². The van der Waals surface area contributed by atoms with E-state index in [0.29, 0.717) is 4.90 Å². The van der Waals surface area contributed by atoms with Gasteiger partial charge in [0.15, 0.2) is 0 Å². The summed E-state index contributed by atoms with van der Waals surface area (Å²) in [7, 11) is -3.59. The zero-order chi connectivity index (χ0) is 17.8. The zero-order valence-electron chi connectivity index (χ0n) is 14.6. The third kappa shape index (κ3) is 4.46. The van der Waals surface area contributed by atoms with Gasteiger partial charge in [-0.2, -0.15) is 4.72 Å². The van der Waals surface area contributed by atoms with Crippen LogP contribution in [0.2, 0.25) is 0 Å². The fourth-order valence-corrected chi connectivity index (χ4v) is 4.93. The highest BCUT2D eigenvalue weighted by atomic mass is 32.2. The lowest BCUT2D eigenvalue weighted by atomic mass is 9.92. The number of rotatable bonds is 6. The van der Waals surface area contributed by atoms with E-state index in [2.05, 4.69) is 10.0 Å². The molecule has 2 aromatic rings. The van der Waals surface area contributed by atoms with Crippen molar-refractivity contribution < 1.29 is 18.6 Å². The second kappa shape index (κ2) is 7.66. The summed E-state index contributed by atoms with van der Waals surface area (Å²) in [6.07, 6.45) is 0. The molecule has 1 saturated heterocycles. The highest BCUT2D eigenvalue weighted by Crippen LogP contribution is 2.22. The van der Waals surface area contributed by atoms with Gasteiger partial charge in [0.25, 0.3) is 0 Å². The van der Waals surface area contributed by atoms with Crippen LogP contribution in [0.3, 0.4) is 0 Å². The van der Waals surface area contributed by atoms with Crippen molar-refractivity contribution in [3.63, 3.8) is 0 Å². The molecule has 0 unspecified atom stereocenters. The van der Waals surface area contributed by atoms with Gasteiger partial charge in [0.2, 0.25) is 10.0 Å². The molecule has 1 aliphatic heterocycles. The zero-order valence-corrected chi connectivity index (χ0v) is 15.4. The monoisotopic (exact) mass is 361 g/mol. The number of quaternary nitrogens is 2. The Morgan fingerprint density at radius 1 is 1.00 bits per heavy atom. The maximum Gasteiger partial charge on any atom is 0.241 e. The molecule has 25 heavy (non-hydrogen) atoms. The predicted octanol–water partition coefficient (Wildman–Crippen LogP) is -0.658. The molecule has 1 aliphatic rings. The van der Waals surface area contributed by atoms with Crippen LogP contribution < -0.4 is 14.9 Å². The molecule has 0 spiro atoms. The first-order chi connectivity index (χ1) is 12.0. The van der Waals surface area contributed by atoms with E-state index in [1.165, 1.54) is 4.90 Å². The molecular weight excluding hydrogens is 334 g/mol. The summed E-state index contributed by atoms with van der Waals surface area (Å²) < 4.78 is 28.9. The SMILES string of the molecule is C[C@@](C[NH+]1CC[NH2+]CC1)(NS(=O)(=O)c1ccccc1)c1ccccc1. The van der Waals surface area contributed by atoms with Crippen LogP contribution in [0.25, 0.3) is 0 Å². The van der Waals surface area contributed by atoms with Gasteiger partial charge in [0, 0.05) is 0 Å². The van der Waals surface area contributed by atoms with Gasteiger partial charge in [-0.25, -0.2) is 8.42 Å². The fraction of sp³-hybridized carbons (Fsp3) is 0.368. The van der Waals surface area contributed by atoms with Crippen molar-refractivity contribution in [1.82, 2.24) is 4.72 Å². The van der Waals surface area contributed by atoms with Crippen LogP contribution in [0.1, 0.15) is 12.5 Å². The lowest BCUT2D eigenvalue weighted by Gasteiger charge is -2.35. The molecule has 0 bridgehead atoms. The number of sulfonamides is 1. The van der Waals surface area contributed by atoms with Gasteiger partial charge in [0.05, 0.1) is 4.90 Å². The van der Waals surface area contributed by atoms with Crippen molar-refractivity contribution >= 4 is 10.0 Å². The number of piperazine rings is 1. The largest absolute Gasteiger partial charge is 0.337 e. The van der Waals surface area contributed by atoms with Crippen molar-refractivity contribution in [1.29, 1.82) is 0 Å². The van der Waals surface area contributed by atoms with Crippen molar-refractivity contribution in [2.45, 2.75) is 17.4 Å². The maximum absolute atomic E-state index is 12.9. The topological polar surface area (TPSA) is 67.2 Å².